The van der Waals surface area contributed by atoms with Gasteiger partial charge in [0.1, 0.15) is 6.61 Å². The van der Waals surface area contributed by atoms with Gasteiger partial charge >= 0.3 is 0 Å². The average Bonchev–Trinajstić information content (AvgIpc) is 2.90. The molecule has 1 aliphatic carbocycles. The maximum Gasteiger partial charge on any atom is 0.104 e. The second-order valence-corrected chi connectivity index (χ2v) is 6.03. The predicted octanol–water partition coefficient (Wildman–Crippen LogP) is 2.79. The Morgan fingerprint density at radius 1 is 1.10 bits per heavy atom. The van der Waals surface area contributed by atoms with Crippen molar-refractivity contribution in [2.45, 2.75) is 44.7 Å². The van der Waals surface area contributed by atoms with E-state index < -0.39 is 0 Å². The number of fused-ring (bicyclic) bond motifs is 1. The number of benzene rings is 1. The van der Waals surface area contributed by atoms with Crippen molar-refractivity contribution in [1.82, 2.24) is 4.90 Å². The SMILES string of the molecule is OCC#Cc1ccc(CN2CCC3CCCCC32)cc1. The van der Waals surface area contributed by atoms with Gasteiger partial charge in [-0.15, -0.1) is 0 Å². The molecule has 1 aliphatic heterocycles. The average molecular weight is 269 g/mol. The number of aliphatic hydroxyl groups excluding tert-OH is 1. The van der Waals surface area contributed by atoms with E-state index in [2.05, 4.69) is 41.0 Å². The summed E-state index contributed by atoms with van der Waals surface area (Å²) < 4.78 is 0. The van der Waals surface area contributed by atoms with Crippen LogP contribution in [0.1, 0.15) is 43.2 Å². The van der Waals surface area contributed by atoms with Crippen LogP contribution >= 0.6 is 0 Å². The van der Waals surface area contributed by atoms with Crippen molar-refractivity contribution in [1.29, 1.82) is 0 Å². The fourth-order valence-electron chi connectivity index (χ4n) is 3.77. The van der Waals surface area contributed by atoms with E-state index in [0.717, 1.165) is 24.1 Å². The molecule has 2 nitrogen and oxygen atoms in total. The summed E-state index contributed by atoms with van der Waals surface area (Å²) in [7, 11) is 0. The van der Waals surface area contributed by atoms with Crippen LogP contribution in [0, 0.1) is 17.8 Å². The molecule has 0 bridgehead atoms. The fourth-order valence-corrected chi connectivity index (χ4v) is 3.77. The maximum atomic E-state index is 8.70. The lowest BCUT2D eigenvalue weighted by Gasteiger charge is -2.31. The van der Waals surface area contributed by atoms with Crippen LogP contribution < -0.4 is 0 Å². The third-order valence-corrected chi connectivity index (χ3v) is 4.78. The second kappa shape index (κ2) is 6.43. The Kier molecular flexibility index (Phi) is 4.40. The van der Waals surface area contributed by atoms with Gasteiger partial charge in [0.15, 0.2) is 0 Å². The molecule has 1 N–H and O–H groups in total. The Morgan fingerprint density at radius 2 is 1.90 bits per heavy atom. The van der Waals surface area contributed by atoms with E-state index in [-0.39, 0.29) is 6.61 Å². The second-order valence-electron chi connectivity index (χ2n) is 6.03. The highest BCUT2D eigenvalue weighted by molar-refractivity contribution is 5.36. The van der Waals surface area contributed by atoms with E-state index in [9.17, 15) is 0 Å². The first-order valence-corrected chi connectivity index (χ1v) is 7.79. The summed E-state index contributed by atoms with van der Waals surface area (Å²) in [6, 6.07) is 9.31. The molecule has 1 saturated carbocycles. The Morgan fingerprint density at radius 3 is 2.70 bits per heavy atom. The van der Waals surface area contributed by atoms with Gasteiger partial charge in [-0.1, -0.05) is 36.8 Å². The van der Waals surface area contributed by atoms with Gasteiger partial charge in [-0.3, -0.25) is 4.90 Å². The van der Waals surface area contributed by atoms with Crippen LogP contribution in [-0.2, 0) is 6.54 Å². The number of nitrogens with zero attached hydrogens (tertiary/aromatic N) is 1. The molecule has 1 saturated heterocycles. The molecule has 2 aliphatic rings. The standard InChI is InChI=1S/C18H23NO/c20-13-3-4-15-7-9-16(10-8-15)14-19-12-11-17-5-1-2-6-18(17)19/h7-10,17-18,20H,1-2,5-6,11-14H2. The van der Waals surface area contributed by atoms with Crippen LogP contribution in [0.25, 0.3) is 0 Å². The first-order chi connectivity index (χ1) is 9.86. The summed E-state index contributed by atoms with van der Waals surface area (Å²) in [5, 5.41) is 8.70. The van der Waals surface area contributed by atoms with E-state index in [1.165, 1.54) is 44.2 Å². The molecule has 0 radical (unpaired) electrons. The molecule has 2 atom stereocenters. The number of hydrogen-bond donors (Lipinski definition) is 1. The van der Waals surface area contributed by atoms with Crippen molar-refractivity contribution in [2.24, 2.45) is 5.92 Å². The van der Waals surface area contributed by atoms with Crippen LogP contribution in [0.5, 0.6) is 0 Å². The molecular weight excluding hydrogens is 246 g/mol. The van der Waals surface area contributed by atoms with Gasteiger partial charge < -0.3 is 5.11 Å². The lowest BCUT2D eigenvalue weighted by molar-refractivity contribution is 0.176. The first kappa shape index (κ1) is 13.7. The van der Waals surface area contributed by atoms with E-state index in [1.807, 2.05) is 0 Å². The highest BCUT2D eigenvalue weighted by atomic mass is 16.2. The zero-order valence-electron chi connectivity index (χ0n) is 12.0. The summed E-state index contributed by atoms with van der Waals surface area (Å²) in [6.07, 6.45) is 7.08. The normalized spacial score (nSPS) is 25.9. The van der Waals surface area contributed by atoms with Gasteiger partial charge in [0.2, 0.25) is 0 Å². The highest BCUT2D eigenvalue weighted by Gasteiger charge is 2.35. The molecule has 20 heavy (non-hydrogen) atoms. The minimum absolute atomic E-state index is 0.0708. The smallest absolute Gasteiger partial charge is 0.104 e. The van der Waals surface area contributed by atoms with Gasteiger partial charge in [0.25, 0.3) is 0 Å². The minimum atomic E-state index is -0.0708. The molecule has 1 aromatic rings. The molecule has 1 heterocycles. The molecule has 106 valence electrons. The van der Waals surface area contributed by atoms with Crippen molar-refractivity contribution in [3.63, 3.8) is 0 Å². The number of aliphatic hydroxyl groups is 1. The van der Waals surface area contributed by atoms with Crippen molar-refractivity contribution >= 4 is 0 Å². The molecular formula is C18H23NO. The van der Waals surface area contributed by atoms with Gasteiger partial charge in [0.05, 0.1) is 0 Å². The molecule has 0 amide bonds. The van der Waals surface area contributed by atoms with Gasteiger partial charge in [-0.25, -0.2) is 0 Å². The number of hydrogen-bond acceptors (Lipinski definition) is 2. The third-order valence-electron chi connectivity index (χ3n) is 4.78. The van der Waals surface area contributed by atoms with Crippen LogP contribution in [0.15, 0.2) is 24.3 Å². The fraction of sp³-hybridized carbons (Fsp3) is 0.556. The van der Waals surface area contributed by atoms with Gasteiger partial charge in [0, 0.05) is 18.2 Å². The largest absolute Gasteiger partial charge is 0.384 e. The number of rotatable bonds is 2. The minimum Gasteiger partial charge on any atom is -0.384 e. The molecule has 2 heteroatoms. The zero-order valence-corrected chi connectivity index (χ0v) is 12.0. The summed E-state index contributed by atoms with van der Waals surface area (Å²) in [5.41, 5.74) is 2.37. The van der Waals surface area contributed by atoms with Crippen LogP contribution in [0.2, 0.25) is 0 Å². The van der Waals surface area contributed by atoms with Gasteiger partial charge in [-0.05, 0) is 49.4 Å². The lowest BCUT2D eigenvalue weighted by Crippen LogP contribution is -2.34. The molecule has 0 aromatic heterocycles. The Bertz CT molecular complexity index is 496. The van der Waals surface area contributed by atoms with Crippen molar-refractivity contribution < 1.29 is 5.11 Å². The predicted molar refractivity (Wildman–Crippen MR) is 81.2 cm³/mol. The topological polar surface area (TPSA) is 23.5 Å². The van der Waals surface area contributed by atoms with Crippen LogP contribution in [0.4, 0.5) is 0 Å². The van der Waals surface area contributed by atoms with Crippen LogP contribution in [-0.4, -0.2) is 29.2 Å². The molecule has 0 spiro atoms. The summed E-state index contributed by atoms with van der Waals surface area (Å²) >= 11 is 0. The van der Waals surface area contributed by atoms with E-state index >= 15 is 0 Å². The Hall–Kier alpha value is -1.30. The molecule has 3 rings (SSSR count). The summed E-state index contributed by atoms with van der Waals surface area (Å²) in [6.45, 7) is 2.27. The maximum absolute atomic E-state index is 8.70. The first-order valence-electron chi connectivity index (χ1n) is 7.79. The quantitative estimate of drug-likeness (QED) is 0.835. The van der Waals surface area contributed by atoms with Crippen molar-refractivity contribution in [2.75, 3.05) is 13.2 Å². The molecule has 1 aromatic carbocycles. The van der Waals surface area contributed by atoms with Crippen molar-refractivity contribution in [3.8, 4) is 11.8 Å². The monoisotopic (exact) mass is 269 g/mol. The highest BCUT2D eigenvalue weighted by Crippen LogP contribution is 2.36. The lowest BCUT2D eigenvalue weighted by atomic mass is 9.85. The molecule has 2 fully saturated rings. The van der Waals surface area contributed by atoms with Gasteiger partial charge in [-0.2, -0.15) is 0 Å². The number of likely N-dealkylation sites (tertiary alicyclic amines) is 1. The van der Waals surface area contributed by atoms with E-state index in [4.69, 9.17) is 5.11 Å². The zero-order chi connectivity index (χ0) is 13.8. The van der Waals surface area contributed by atoms with E-state index in [1.54, 1.807) is 0 Å². The summed E-state index contributed by atoms with van der Waals surface area (Å²) in [4.78, 5) is 2.68. The van der Waals surface area contributed by atoms with Crippen LogP contribution in [0.3, 0.4) is 0 Å². The van der Waals surface area contributed by atoms with E-state index in [0.29, 0.717) is 0 Å². The Labute approximate surface area is 121 Å². The third kappa shape index (κ3) is 3.06. The molecule has 2 unspecified atom stereocenters. The van der Waals surface area contributed by atoms with Crippen molar-refractivity contribution in [3.05, 3.63) is 35.4 Å². The Balaban J connectivity index is 1.63. The summed E-state index contributed by atoms with van der Waals surface area (Å²) in [5.74, 6) is 6.59.